The van der Waals surface area contributed by atoms with Gasteiger partial charge in [0.2, 0.25) is 15.9 Å². The molecule has 120 valence electrons. The molecule has 0 atom stereocenters. The van der Waals surface area contributed by atoms with Gasteiger partial charge in [-0.05, 0) is 43.5 Å². The summed E-state index contributed by atoms with van der Waals surface area (Å²) in [4.78, 5) is 12.2. The average molecular weight is 323 g/mol. The van der Waals surface area contributed by atoms with Crippen molar-refractivity contribution >= 4 is 27.3 Å². The Bertz CT molecular complexity index is 664. The Morgan fingerprint density at radius 2 is 1.77 bits per heavy atom. The maximum atomic E-state index is 12.2. The van der Waals surface area contributed by atoms with Crippen molar-refractivity contribution in [3.8, 4) is 0 Å². The molecule has 22 heavy (non-hydrogen) atoms. The van der Waals surface area contributed by atoms with Crippen molar-refractivity contribution in [3.63, 3.8) is 0 Å². The summed E-state index contributed by atoms with van der Waals surface area (Å²) < 4.78 is 25.2. The van der Waals surface area contributed by atoms with E-state index in [0.717, 1.165) is 12.8 Å². The van der Waals surface area contributed by atoms with Gasteiger partial charge in [-0.3, -0.25) is 9.10 Å². The van der Waals surface area contributed by atoms with E-state index in [4.69, 9.17) is 5.73 Å². The number of nitrogens with zero attached hydrogens (tertiary/aromatic N) is 1. The van der Waals surface area contributed by atoms with E-state index in [1.807, 2.05) is 0 Å². The van der Waals surface area contributed by atoms with Gasteiger partial charge in [-0.2, -0.15) is 0 Å². The van der Waals surface area contributed by atoms with Gasteiger partial charge in [0.15, 0.2) is 0 Å². The summed E-state index contributed by atoms with van der Waals surface area (Å²) in [6.07, 6.45) is 4.04. The van der Waals surface area contributed by atoms with Crippen molar-refractivity contribution < 1.29 is 13.2 Å². The molecule has 2 aliphatic rings. The first-order valence-electron chi connectivity index (χ1n) is 7.62. The van der Waals surface area contributed by atoms with Crippen LogP contribution in [0.15, 0.2) is 24.3 Å². The van der Waals surface area contributed by atoms with Gasteiger partial charge in [-0.1, -0.05) is 12.8 Å². The van der Waals surface area contributed by atoms with Crippen LogP contribution in [-0.4, -0.2) is 32.2 Å². The number of carbonyl (C=O) groups excluding carboxylic acids is 1. The molecule has 1 aromatic rings. The molecule has 1 aromatic carbocycles. The maximum absolute atomic E-state index is 12.2. The maximum Gasteiger partial charge on any atom is 0.244 e. The highest BCUT2D eigenvalue weighted by Gasteiger charge is 2.37. The molecule has 2 fully saturated rings. The van der Waals surface area contributed by atoms with Crippen molar-refractivity contribution in [2.24, 2.45) is 5.73 Å². The standard InChI is InChI=1S/C15H21N3O3S/c16-15(8-1-2-9-15)14(19)17-12-4-6-13(7-5-12)18-10-3-11-22(18,20)21/h4-7H,1-3,8-11,16H2,(H,17,19). The fraction of sp³-hybridized carbons (Fsp3) is 0.533. The SMILES string of the molecule is NC1(C(=O)Nc2ccc(N3CCCS3(=O)=O)cc2)CCCC1. The zero-order valence-electron chi connectivity index (χ0n) is 12.4. The first-order valence-corrected chi connectivity index (χ1v) is 9.22. The fourth-order valence-corrected chi connectivity index (χ4v) is 4.69. The van der Waals surface area contributed by atoms with Crippen LogP contribution in [0.1, 0.15) is 32.1 Å². The largest absolute Gasteiger partial charge is 0.324 e. The van der Waals surface area contributed by atoms with Crippen LogP contribution in [0.25, 0.3) is 0 Å². The second-order valence-electron chi connectivity index (χ2n) is 6.11. The van der Waals surface area contributed by atoms with Gasteiger partial charge >= 0.3 is 0 Å². The summed E-state index contributed by atoms with van der Waals surface area (Å²) in [5, 5.41) is 2.83. The summed E-state index contributed by atoms with van der Waals surface area (Å²) >= 11 is 0. The molecule has 1 aliphatic carbocycles. The van der Waals surface area contributed by atoms with Crippen LogP contribution in [0.5, 0.6) is 0 Å². The summed E-state index contributed by atoms with van der Waals surface area (Å²) in [5.41, 5.74) is 6.63. The van der Waals surface area contributed by atoms with E-state index in [9.17, 15) is 13.2 Å². The number of hydrogen-bond donors (Lipinski definition) is 2. The number of nitrogens with two attached hydrogens (primary N) is 1. The van der Waals surface area contributed by atoms with Crippen molar-refractivity contribution in [2.75, 3.05) is 21.9 Å². The second-order valence-corrected chi connectivity index (χ2v) is 8.12. The van der Waals surface area contributed by atoms with Crippen molar-refractivity contribution in [1.82, 2.24) is 0 Å². The van der Waals surface area contributed by atoms with Crippen LogP contribution in [0.2, 0.25) is 0 Å². The van der Waals surface area contributed by atoms with Crippen LogP contribution >= 0.6 is 0 Å². The molecule has 1 aliphatic heterocycles. The predicted octanol–water partition coefficient (Wildman–Crippen LogP) is 1.44. The average Bonchev–Trinajstić information content (AvgIpc) is 3.06. The Morgan fingerprint density at radius 3 is 2.32 bits per heavy atom. The first kappa shape index (κ1) is 15.3. The van der Waals surface area contributed by atoms with Gasteiger partial charge < -0.3 is 11.1 Å². The van der Waals surface area contributed by atoms with Gasteiger partial charge in [0.1, 0.15) is 0 Å². The molecule has 3 rings (SSSR count). The molecule has 0 radical (unpaired) electrons. The Balaban J connectivity index is 1.71. The Kier molecular flexibility index (Phi) is 3.86. The number of carbonyl (C=O) groups is 1. The fourth-order valence-electron chi connectivity index (χ4n) is 3.13. The molecule has 0 unspecified atom stereocenters. The van der Waals surface area contributed by atoms with Crippen molar-refractivity contribution in [1.29, 1.82) is 0 Å². The normalized spacial score (nSPS) is 22.7. The van der Waals surface area contributed by atoms with Crippen LogP contribution in [0.4, 0.5) is 11.4 Å². The number of hydrogen-bond acceptors (Lipinski definition) is 4. The number of nitrogens with one attached hydrogen (secondary N) is 1. The molecule has 1 saturated heterocycles. The zero-order chi connectivity index (χ0) is 15.8. The van der Waals surface area contributed by atoms with E-state index in [1.54, 1.807) is 24.3 Å². The minimum absolute atomic E-state index is 0.161. The third-order valence-corrected chi connectivity index (χ3v) is 6.33. The molecule has 0 spiro atoms. The van der Waals surface area contributed by atoms with E-state index >= 15 is 0 Å². The second kappa shape index (κ2) is 5.55. The van der Waals surface area contributed by atoms with Crippen molar-refractivity contribution in [2.45, 2.75) is 37.6 Å². The van der Waals surface area contributed by atoms with E-state index in [0.29, 0.717) is 37.2 Å². The van der Waals surface area contributed by atoms with Gasteiger partial charge in [0.25, 0.3) is 0 Å². The topological polar surface area (TPSA) is 92.5 Å². The van der Waals surface area contributed by atoms with Gasteiger partial charge in [0.05, 0.1) is 17.0 Å². The summed E-state index contributed by atoms with van der Waals surface area (Å²) in [6, 6.07) is 6.88. The Labute approximate surface area is 130 Å². The van der Waals surface area contributed by atoms with E-state index in [1.165, 1.54) is 4.31 Å². The lowest BCUT2D eigenvalue weighted by molar-refractivity contribution is -0.121. The molecular weight excluding hydrogens is 302 g/mol. The van der Waals surface area contributed by atoms with Crippen molar-refractivity contribution in [3.05, 3.63) is 24.3 Å². The minimum Gasteiger partial charge on any atom is -0.324 e. The summed E-state index contributed by atoms with van der Waals surface area (Å²) in [5.74, 6) is 0.0350. The van der Waals surface area contributed by atoms with Gasteiger partial charge in [-0.15, -0.1) is 0 Å². The Morgan fingerprint density at radius 1 is 1.14 bits per heavy atom. The third kappa shape index (κ3) is 2.83. The monoisotopic (exact) mass is 323 g/mol. The van der Waals surface area contributed by atoms with Crippen LogP contribution in [-0.2, 0) is 14.8 Å². The van der Waals surface area contributed by atoms with Crippen LogP contribution < -0.4 is 15.4 Å². The lowest BCUT2D eigenvalue weighted by Crippen LogP contribution is -2.48. The van der Waals surface area contributed by atoms with Gasteiger partial charge in [0, 0.05) is 12.2 Å². The number of sulfonamides is 1. The molecule has 0 bridgehead atoms. The number of rotatable bonds is 3. The molecule has 6 nitrogen and oxygen atoms in total. The lowest BCUT2D eigenvalue weighted by atomic mass is 9.98. The number of amides is 1. The third-order valence-electron chi connectivity index (χ3n) is 4.46. The Hall–Kier alpha value is -1.60. The molecule has 0 aromatic heterocycles. The molecule has 1 amide bonds. The minimum atomic E-state index is -3.17. The predicted molar refractivity (Wildman–Crippen MR) is 86.2 cm³/mol. The summed E-state index contributed by atoms with van der Waals surface area (Å²) in [7, 11) is -3.17. The van der Waals surface area contributed by atoms with Gasteiger partial charge in [-0.25, -0.2) is 8.42 Å². The molecular formula is C15H21N3O3S. The van der Waals surface area contributed by atoms with Crippen LogP contribution in [0, 0.1) is 0 Å². The highest BCUT2D eigenvalue weighted by molar-refractivity contribution is 7.93. The number of benzene rings is 1. The first-order chi connectivity index (χ1) is 10.4. The highest BCUT2D eigenvalue weighted by atomic mass is 32.2. The summed E-state index contributed by atoms with van der Waals surface area (Å²) in [6.45, 7) is 0.514. The highest BCUT2D eigenvalue weighted by Crippen LogP contribution is 2.29. The molecule has 7 heteroatoms. The number of anilines is 2. The van der Waals surface area contributed by atoms with E-state index < -0.39 is 15.6 Å². The smallest absolute Gasteiger partial charge is 0.244 e. The molecule has 1 saturated carbocycles. The quantitative estimate of drug-likeness (QED) is 0.880. The molecule has 3 N–H and O–H groups in total. The van der Waals surface area contributed by atoms with E-state index in [-0.39, 0.29) is 11.7 Å². The van der Waals surface area contributed by atoms with Crippen LogP contribution in [0.3, 0.4) is 0 Å². The van der Waals surface area contributed by atoms with E-state index in [2.05, 4.69) is 5.32 Å². The zero-order valence-corrected chi connectivity index (χ0v) is 13.2. The lowest BCUT2D eigenvalue weighted by Gasteiger charge is -2.22. The molecule has 1 heterocycles.